The maximum atomic E-state index is 3.01. The van der Waals surface area contributed by atoms with Crippen LogP contribution in [0, 0.1) is 0 Å². The van der Waals surface area contributed by atoms with Gasteiger partial charge in [0.25, 0.3) is 0 Å². The third-order valence-electron chi connectivity index (χ3n) is 6.99. The van der Waals surface area contributed by atoms with Gasteiger partial charge in [0.05, 0.1) is 0 Å². The number of nitrogens with zero attached hydrogens (tertiary/aromatic N) is 4. The number of likely N-dealkylation sites (N-methyl/N-ethyl adjacent to an activating group) is 1. The summed E-state index contributed by atoms with van der Waals surface area (Å²) in [4.78, 5) is 2.66. The fourth-order valence-electron chi connectivity index (χ4n) is 5.69. The van der Waals surface area contributed by atoms with E-state index in [4.69, 9.17) is 0 Å². The summed E-state index contributed by atoms with van der Waals surface area (Å²) in [6.07, 6.45) is 14.2. The third-order valence-corrected chi connectivity index (χ3v) is 9.95. The number of fused-ring (bicyclic) bond motifs is 2. The van der Waals surface area contributed by atoms with Crippen LogP contribution in [-0.2, 0) is 0 Å². The number of rotatable bonds is 2. The zero-order valence-corrected chi connectivity index (χ0v) is 17.5. The monoisotopic (exact) mass is 366 g/mol. The van der Waals surface area contributed by atoms with E-state index in [1.54, 1.807) is 0 Å². The van der Waals surface area contributed by atoms with Gasteiger partial charge >= 0.3 is 0 Å². The molecule has 0 aliphatic carbocycles. The lowest BCUT2D eigenvalue weighted by atomic mass is 10.0. The predicted octanol–water partition coefficient (Wildman–Crippen LogP) is 4.13. The molecule has 0 amide bonds. The molecule has 4 heterocycles. The summed E-state index contributed by atoms with van der Waals surface area (Å²) in [5, 5.41) is 0. The zero-order chi connectivity index (χ0) is 17.2. The summed E-state index contributed by atoms with van der Waals surface area (Å²) in [7, 11) is 2.14. The predicted molar refractivity (Wildman–Crippen MR) is 108 cm³/mol. The summed E-state index contributed by atoms with van der Waals surface area (Å²) in [6, 6.07) is 2.43. The van der Waals surface area contributed by atoms with Crippen molar-refractivity contribution in [2.24, 2.45) is 0 Å². The lowest BCUT2D eigenvalue weighted by Crippen LogP contribution is -2.57. The Morgan fingerprint density at radius 3 is 1.80 bits per heavy atom. The maximum absolute atomic E-state index is 3.01. The highest BCUT2D eigenvalue weighted by Crippen LogP contribution is 2.56. The molecule has 4 rings (SSSR count). The largest absolute Gasteiger partial charge is 0.303 e. The molecule has 4 aliphatic heterocycles. The first kappa shape index (κ1) is 18.6. The third kappa shape index (κ3) is 3.94. The van der Waals surface area contributed by atoms with E-state index in [2.05, 4.69) is 32.9 Å². The molecule has 0 bridgehead atoms. The van der Waals surface area contributed by atoms with Crippen LogP contribution in [0.2, 0.25) is 0 Å². The lowest BCUT2D eigenvalue weighted by molar-refractivity contribution is 0.0998. The standard InChI is InChI=1S/C20H39N4P/c1-3-18-10-4-7-13-22(18)25-23-14-8-5-11-19(23)16-21(2)17-20-12-6-9-15-24(20)25/h18-20H,3-17H2,1-2H3. The highest BCUT2D eigenvalue weighted by Gasteiger charge is 2.44. The van der Waals surface area contributed by atoms with Crippen molar-refractivity contribution >= 4 is 8.37 Å². The molecular weight excluding hydrogens is 327 g/mol. The van der Waals surface area contributed by atoms with Crippen molar-refractivity contribution in [3.8, 4) is 0 Å². The van der Waals surface area contributed by atoms with Crippen LogP contribution in [0.3, 0.4) is 0 Å². The lowest BCUT2D eigenvalue weighted by Gasteiger charge is -2.57. The van der Waals surface area contributed by atoms with Crippen LogP contribution in [-0.4, -0.2) is 76.8 Å². The van der Waals surface area contributed by atoms with Gasteiger partial charge in [-0.2, -0.15) is 0 Å². The average molecular weight is 367 g/mol. The SMILES string of the molecule is CCC1CCCCN1P1N2CCCCC2CN(C)CC2CCCCN21. The van der Waals surface area contributed by atoms with Crippen LogP contribution in [0.4, 0.5) is 0 Å². The van der Waals surface area contributed by atoms with Crippen LogP contribution in [0.25, 0.3) is 0 Å². The average Bonchev–Trinajstić information content (AvgIpc) is 2.63. The maximum Gasteiger partial charge on any atom is 0.121 e. The molecule has 4 nitrogen and oxygen atoms in total. The molecule has 0 N–H and O–H groups in total. The van der Waals surface area contributed by atoms with Gasteiger partial charge in [-0.3, -0.25) is 14.0 Å². The Bertz CT molecular complexity index is 408. The molecule has 5 heteroatoms. The van der Waals surface area contributed by atoms with Gasteiger partial charge in [-0.15, -0.1) is 0 Å². The zero-order valence-electron chi connectivity index (χ0n) is 16.6. The van der Waals surface area contributed by atoms with E-state index in [0.717, 1.165) is 18.1 Å². The van der Waals surface area contributed by atoms with Gasteiger partial charge in [-0.1, -0.05) is 26.2 Å². The first-order valence-corrected chi connectivity index (χ1v) is 12.3. The molecule has 0 aromatic heterocycles. The van der Waals surface area contributed by atoms with Crippen molar-refractivity contribution in [1.82, 2.24) is 18.9 Å². The van der Waals surface area contributed by atoms with E-state index < -0.39 is 0 Å². The Balaban J connectivity index is 1.66. The minimum atomic E-state index is -0.239. The van der Waals surface area contributed by atoms with Gasteiger partial charge in [-0.25, -0.2) is 0 Å². The number of hydrogen-bond acceptors (Lipinski definition) is 4. The molecule has 4 fully saturated rings. The molecular formula is C20H39N4P. The van der Waals surface area contributed by atoms with Gasteiger partial charge in [0.1, 0.15) is 8.37 Å². The summed E-state index contributed by atoms with van der Waals surface area (Å²) < 4.78 is 9.04. The molecule has 4 saturated heterocycles. The summed E-state index contributed by atoms with van der Waals surface area (Å²) in [5.74, 6) is 0. The highest BCUT2D eigenvalue weighted by molar-refractivity contribution is 7.50. The van der Waals surface area contributed by atoms with Gasteiger partial charge in [0.2, 0.25) is 0 Å². The van der Waals surface area contributed by atoms with Crippen LogP contribution in [0.5, 0.6) is 0 Å². The Hall–Kier alpha value is 0.270. The Kier molecular flexibility index (Phi) is 6.35. The van der Waals surface area contributed by atoms with Gasteiger partial charge in [-0.05, 0) is 52.0 Å². The highest BCUT2D eigenvalue weighted by atomic mass is 31.2. The first-order valence-electron chi connectivity index (χ1n) is 11.1. The summed E-state index contributed by atoms with van der Waals surface area (Å²) in [6.45, 7) is 9.08. The Labute approximate surface area is 156 Å². The van der Waals surface area contributed by atoms with Crippen molar-refractivity contribution in [2.45, 2.75) is 89.3 Å². The molecule has 0 radical (unpaired) electrons. The topological polar surface area (TPSA) is 13.0 Å². The van der Waals surface area contributed by atoms with Crippen LogP contribution < -0.4 is 0 Å². The molecule has 0 saturated carbocycles. The normalized spacial score (nSPS) is 40.1. The molecule has 3 unspecified atom stereocenters. The molecule has 4 aliphatic rings. The molecule has 3 atom stereocenters. The smallest absolute Gasteiger partial charge is 0.121 e. The quantitative estimate of drug-likeness (QED) is 0.681. The second-order valence-corrected chi connectivity index (χ2v) is 10.9. The van der Waals surface area contributed by atoms with E-state index in [0.29, 0.717) is 0 Å². The fourth-order valence-corrected chi connectivity index (χ4v) is 9.06. The fraction of sp³-hybridized carbons (Fsp3) is 1.00. The van der Waals surface area contributed by atoms with Crippen molar-refractivity contribution < 1.29 is 0 Å². The Morgan fingerprint density at radius 1 is 0.720 bits per heavy atom. The molecule has 0 aromatic rings. The number of hydrogen-bond donors (Lipinski definition) is 0. The second-order valence-electron chi connectivity index (χ2n) is 8.84. The minimum Gasteiger partial charge on any atom is -0.303 e. The Morgan fingerprint density at radius 2 is 1.24 bits per heavy atom. The number of piperidine rings is 3. The van der Waals surface area contributed by atoms with Gasteiger partial charge < -0.3 is 4.90 Å². The molecule has 0 spiro atoms. The second kappa shape index (κ2) is 8.52. The molecule has 25 heavy (non-hydrogen) atoms. The van der Waals surface area contributed by atoms with E-state index in [-0.39, 0.29) is 8.37 Å². The van der Waals surface area contributed by atoms with Crippen LogP contribution in [0.1, 0.15) is 71.1 Å². The van der Waals surface area contributed by atoms with E-state index in [1.165, 1.54) is 96.9 Å². The van der Waals surface area contributed by atoms with Crippen molar-refractivity contribution in [1.29, 1.82) is 0 Å². The van der Waals surface area contributed by atoms with E-state index in [9.17, 15) is 0 Å². The van der Waals surface area contributed by atoms with Crippen molar-refractivity contribution in [3.63, 3.8) is 0 Å². The summed E-state index contributed by atoms with van der Waals surface area (Å²) in [5.41, 5.74) is 0. The van der Waals surface area contributed by atoms with Crippen LogP contribution >= 0.6 is 8.37 Å². The van der Waals surface area contributed by atoms with Crippen molar-refractivity contribution in [2.75, 3.05) is 39.8 Å². The van der Waals surface area contributed by atoms with E-state index >= 15 is 0 Å². The van der Waals surface area contributed by atoms with Gasteiger partial charge in [0, 0.05) is 50.8 Å². The summed E-state index contributed by atoms with van der Waals surface area (Å²) >= 11 is 0. The van der Waals surface area contributed by atoms with E-state index in [1.807, 2.05) is 0 Å². The molecule has 144 valence electrons. The minimum absolute atomic E-state index is 0.239. The van der Waals surface area contributed by atoms with Crippen molar-refractivity contribution in [3.05, 3.63) is 0 Å². The van der Waals surface area contributed by atoms with Crippen LogP contribution in [0.15, 0.2) is 0 Å². The first-order chi connectivity index (χ1) is 12.3. The molecule has 0 aromatic carbocycles. The van der Waals surface area contributed by atoms with Gasteiger partial charge in [0.15, 0.2) is 0 Å².